The molecular weight excluding hydrogens is 697 g/mol. The lowest BCUT2D eigenvalue weighted by Crippen LogP contribution is -2.48. The van der Waals surface area contributed by atoms with E-state index in [0.717, 1.165) is 40.6 Å². The van der Waals surface area contributed by atoms with Crippen LogP contribution in [0.4, 0.5) is 5.69 Å². The van der Waals surface area contributed by atoms with Crippen LogP contribution in [0.5, 0.6) is 17.4 Å². The summed E-state index contributed by atoms with van der Waals surface area (Å²) in [5, 5.41) is 1.33. The van der Waals surface area contributed by atoms with E-state index in [1.807, 2.05) is 66.8 Å². The second-order valence-electron chi connectivity index (χ2n) is 12.6. The minimum absolute atomic E-state index is 0.00571. The van der Waals surface area contributed by atoms with Gasteiger partial charge in [0, 0.05) is 64.3 Å². The summed E-state index contributed by atoms with van der Waals surface area (Å²) < 4.78 is 41.4. The van der Waals surface area contributed by atoms with Crippen LogP contribution in [-0.2, 0) is 23.6 Å². The van der Waals surface area contributed by atoms with Crippen molar-refractivity contribution >= 4 is 55.7 Å². The van der Waals surface area contributed by atoms with Gasteiger partial charge in [0.1, 0.15) is 17.2 Å². The van der Waals surface area contributed by atoms with Crippen molar-refractivity contribution in [3.05, 3.63) is 106 Å². The van der Waals surface area contributed by atoms with Gasteiger partial charge in [-0.2, -0.15) is 0 Å². The molecule has 1 aliphatic heterocycles. The van der Waals surface area contributed by atoms with Crippen LogP contribution in [0, 0.1) is 6.92 Å². The van der Waals surface area contributed by atoms with Gasteiger partial charge in [0.15, 0.2) is 0 Å². The predicted molar refractivity (Wildman–Crippen MR) is 197 cm³/mol. The summed E-state index contributed by atoms with van der Waals surface area (Å²) in [5.41, 5.74) is 3.69. The summed E-state index contributed by atoms with van der Waals surface area (Å²) in [7, 11) is -0.587. The molecule has 1 saturated heterocycles. The molecule has 2 aromatic heterocycles. The van der Waals surface area contributed by atoms with E-state index in [1.54, 1.807) is 13.0 Å². The molecule has 0 saturated carbocycles. The third kappa shape index (κ3) is 7.56. The van der Waals surface area contributed by atoms with Gasteiger partial charge in [-0.3, -0.25) is 14.0 Å². The number of amides is 1. The number of piperazine rings is 1. The molecule has 1 amide bonds. The molecule has 0 radical (unpaired) electrons. The third-order valence-corrected chi connectivity index (χ3v) is 11.3. The lowest BCUT2D eigenvalue weighted by Gasteiger charge is -2.34. The van der Waals surface area contributed by atoms with Crippen molar-refractivity contribution in [3.63, 3.8) is 0 Å². The Morgan fingerprint density at radius 3 is 2.28 bits per heavy atom. The maximum Gasteiger partial charge on any atom is 0.270 e. The number of aryl methyl sites for hydroxylation is 2. The number of rotatable bonds is 10. The Morgan fingerprint density at radius 1 is 0.920 bits per heavy atom. The molecule has 50 heavy (non-hydrogen) atoms. The second-order valence-corrected chi connectivity index (χ2v) is 15.4. The number of benzene rings is 3. The highest BCUT2D eigenvalue weighted by Gasteiger charge is 2.26. The standard InChI is InChI=1S/C37H39Cl2N5O5S/c1-24(2)48-28-9-6-26(7-10-28)23-43-14-16-44(17-15-43)37(45)34-19-27-8-11-29(20-33(27)41(34)4)49-36-18-25(3)35(22-40-36)42(5)50(46,47)30-12-13-31(38)32(39)21-30/h6-13,18-22,24H,14-17,23H2,1-5H3. The highest BCUT2D eigenvalue weighted by atomic mass is 35.5. The van der Waals surface area contributed by atoms with Crippen molar-refractivity contribution in [2.24, 2.45) is 7.05 Å². The van der Waals surface area contributed by atoms with Crippen molar-refractivity contribution in [1.82, 2.24) is 19.4 Å². The van der Waals surface area contributed by atoms with Gasteiger partial charge < -0.3 is 18.9 Å². The zero-order valence-electron chi connectivity index (χ0n) is 28.6. The summed E-state index contributed by atoms with van der Waals surface area (Å²) in [6.07, 6.45) is 1.59. The summed E-state index contributed by atoms with van der Waals surface area (Å²) >= 11 is 12.0. The lowest BCUT2D eigenvalue weighted by atomic mass is 10.2. The van der Waals surface area contributed by atoms with E-state index in [0.29, 0.717) is 41.7 Å². The first-order chi connectivity index (χ1) is 23.8. The van der Waals surface area contributed by atoms with Crippen molar-refractivity contribution in [1.29, 1.82) is 0 Å². The number of hydrogen-bond donors (Lipinski definition) is 0. The van der Waals surface area contributed by atoms with Gasteiger partial charge in [-0.15, -0.1) is 0 Å². The first kappa shape index (κ1) is 35.5. The fraction of sp³-hybridized carbons (Fsp3) is 0.297. The van der Waals surface area contributed by atoms with Crippen molar-refractivity contribution in [3.8, 4) is 17.4 Å². The highest BCUT2D eigenvalue weighted by Crippen LogP contribution is 2.32. The van der Waals surface area contributed by atoms with Crippen molar-refractivity contribution in [2.75, 3.05) is 37.5 Å². The average Bonchev–Trinajstić information content (AvgIpc) is 3.41. The van der Waals surface area contributed by atoms with Gasteiger partial charge >= 0.3 is 0 Å². The smallest absolute Gasteiger partial charge is 0.270 e. The van der Waals surface area contributed by atoms with E-state index >= 15 is 0 Å². The lowest BCUT2D eigenvalue weighted by molar-refractivity contribution is 0.0619. The number of anilines is 1. The number of carbonyl (C=O) groups excluding carboxylic acids is 1. The molecule has 262 valence electrons. The fourth-order valence-corrected chi connectivity index (χ4v) is 7.64. The molecule has 10 nitrogen and oxygen atoms in total. The largest absolute Gasteiger partial charge is 0.491 e. The SMILES string of the molecule is Cc1cc(Oc2ccc3cc(C(=O)N4CCN(Cc5ccc(OC(C)C)cc5)CC4)n(C)c3c2)ncc1N(C)S(=O)(=O)c1ccc(Cl)c(Cl)c1. The zero-order valence-corrected chi connectivity index (χ0v) is 30.9. The maximum atomic E-state index is 13.6. The van der Waals surface area contributed by atoms with Gasteiger partial charge in [-0.1, -0.05) is 35.3 Å². The van der Waals surface area contributed by atoms with Gasteiger partial charge in [-0.25, -0.2) is 13.4 Å². The zero-order chi connectivity index (χ0) is 35.7. The number of ether oxygens (including phenoxy) is 2. The molecule has 0 N–H and O–H groups in total. The molecule has 6 rings (SSSR count). The van der Waals surface area contributed by atoms with Crippen LogP contribution in [0.15, 0.2) is 83.9 Å². The van der Waals surface area contributed by atoms with E-state index in [1.165, 1.54) is 37.0 Å². The fourth-order valence-electron chi connectivity index (χ4n) is 6.01. The summed E-state index contributed by atoms with van der Waals surface area (Å²) in [6, 6.07) is 21.6. The normalized spacial score (nSPS) is 14.0. The van der Waals surface area contributed by atoms with Gasteiger partial charge in [0.25, 0.3) is 15.9 Å². The Hall–Kier alpha value is -4.29. The molecule has 1 fully saturated rings. The van der Waals surface area contributed by atoms with E-state index in [2.05, 4.69) is 22.0 Å². The maximum absolute atomic E-state index is 13.6. The number of aromatic nitrogens is 2. The molecule has 0 unspecified atom stereocenters. The van der Waals surface area contributed by atoms with Gasteiger partial charge in [0.2, 0.25) is 5.88 Å². The van der Waals surface area contributed by atoms with Gasteiger partial charge in [0.05, 0.1) is 38.4 Å². The predicted octanol–water partition coefficient (Wildman–Crippen LogP) is 7.55. The van der Waals surface area contributed by atoms with E-state index in [-0.39, 0.29) is 27.0 Å². The van der Waals surface area contributed by atoms with E-state index < -0.39 is 10.0 Å². The molecule has 3 aromatic carbocycles. The number of halogens is 2. The van der Waals surface area contributed by atoms with Crippen LogP contribution >= 0.6 is 23.2 Å². The number of hydrogen-bond acceptors (Lipinski definition) is 7. The van der Waals surface area contributed by atoms with Crippen LogP contribution in [0.1, 0.15) is 35.5 Å². The topological polar surface area (TPSA) is 97.2 Å². The van der Waals surface area contributed by atoms with E-state index in [9.17, 15) is 13.2 Å². The Balaban J connectivity index is 1.10. The Morgan fingerprint density at radius 2 is 1.62 bits per heavy atom. The molecule has 0 bridgehead atoms. The number of fused-ring (bicyclic) bond motifs is 1. The van der Waals surface area contributed by atoms with Crippen LogP contribution in [0.3, 0.4) is 0 Å². The Kier molecular flexibility index (Phi) is 10.3. The van der Waals surface area contributed by atoms with Crippen LogP contribution in [-0.4, -0.2) is 73.0 Å². The molecular formula is C37H39Cl2N5O5S. The molecule has 5 aromatic rings. The number of pyridine rings is 1. The number of nitrogens with zero attached hydrogens (tertiary/aromatic N) is 5. The Bertz CT molecular complexity index is 2150. The molecule has 3 heterocycles. The monoisotopic (exact) mass is 735 g/mol. The Labute approximate surface area is 302 Å². The summed E-state index contributed by atoms with van der Waals surface area (Å²) in [5.74, 6) is 1.70. The van der Waals surface area contributed by atoms with Gasteiger partial charge in [-0.05, 0) is 80.4 Å². The quantitative estimate of drug-likeness (QED) is 0.146. The molecule has 13 heteroatoms. The molecule has 0 spiro atoms. The number of carbonyl (C=O) groups is 1. The van der Waals surface area contributed by atoms with Crippen LogP contribution in [0.25, 0.3) is 10.9 Å². The van der Waals surface area contributed by atoms with Crippen LogP contribution < -0.4 is 13.8 Å². The highest BCUT2D eigenvalue weighted by molar-refractivity contribution is 7.92. The van der Waals surface area contributed by atoms with E-state index in [4.69, 9.17) is 32.7 Å². The van der Waals surface area contributed by atoms with Crippen LogP contribution in [0.2, 0.25) is 10.0 Å². The second kappa shape index (κ2) is 14.5. The minimum atomic E-state index is -3.92. The average molecular weight is 737 g/mol. The molecule has 0 atom stereocenters. The minimum Gasteiger partial charge on any atom is -0.491 e. The number of sulfonamides is 1. The summed E-state index contributed by atoms with van der Waals surface area (Å²) in [4.78, 5) is 22.3. The molecule has 1 aliphatic rings. The molecule has 0 aliphatic carbocycles. The van der Waals surface area contributed by atoms with Crippen molar-refractivity contribution in [2.45, 2.75) is 38.3 Å². The first-order valence-electron chi connectivity index (χ1n) is 16.3. The third-order valence-electron chi connectivity index (χ3n) is 8.77. The summed E-state index contributed by atoms with van der Waals surface area (Å²) in [6.45, 7) is 9.51. The van der Waals surface area contributed by atoms with Crippen molar-refractivity contribution < 1.29 is 22.7 Å². The first-order valence-corrected chi connectivity index (χ1v) is 18.4.